The van der Waals surface area contributed by atoms with E-state index < -0.39 is 29.4 Å². The van der Waals surface area contributed by atoms with Crippen molar-refractivity contribution in [1.82, 2.24) is 14.5 Å². The third-order valence-corrected chi connectivity index (χ3v) is 7.17. The number of fused-ring (bicyclic) bond motifs is 1. The number of benzene rings is 2. The Morgan fingerprint density at radius 2 is 1.84 bits per heavy atom. The number of aryl methyl sites for hydroxylation is 1. The summed E-state index contributed by atoms with van der Waals surface area (Å²) in [6.45, 7) is 3.96. The highest BCUT2D eigenvalue weighted by atomic mass is 19.4. The van der Waals surface area contributed by atoms with Gasteiger partial charge in [-0.15, -0.1) is 0 Å². The van der Waals surface area contributed by atoms with E-state index in [-0.39, 0.29) is 29.5 Å². The van der Waals surface area contributed by atoms with E-state index in [2.05, 4.69) is 15.3 Å². The summed E-state index contributed by atoms with van der Waals surface area (Å²) < 4.78 is 56.0. The van der Waals surface area contributed by atoms with E-state index in [0.717, 1.165) is 37.0 Å². The number of hydrogen-bond donors (Lipinski definition) is 2. The molecule has 38 heavy (non-hydrogen) atoms. The molecule has 1 fully saturated rings. The van der Waals surface area contributed by atoms with Gasteiger partial charge in [0.25, 0.3) is 0 Å². The molecule has 10 heteroatoms. The topological polar surface area (TPSA) is 80.0 Å². The molecule has 1 unspecified atom stereocenters. The zero-order chi connectivity index (χ0) is 27.2. The normalized spacial score (nSPS) is 14.9. The maximum atomic E-state index is 15.0. The molecule has 0 amide bonds. The highest BCUT2D eigenvalue weighted by molar-refractivity contribution is 6.00. The second-order valence-electron chi connectivity index (χ2n) is 9.87. The maximum Gasteiger partial charge on any atom is 0.416 e. The van der Waals surface area contributed by atoms with E-state index in [0.29, 0.717) is 22.6 Å². The van der Waals surface area contributed by atoms with Gasteiger partial charge in [-0.05, 0) is 62.4 Å². The Balaban J connectivity index is 1.69. The fraction of sp³-hybridized carbons (Fsp3) is 0.321. The standard InChI is InChI=1S/C28H26F4N4O2/c1-15-6-11-22(29)20(12-15)21-14-36(13-17-7-9-19(10-8-17)28(30,31)32)24-23(21)34-26(27(37)38)35-25(24)33-16(2)18-4-3-5-18/h6-12,14,16,18H,3-5,13H2,1-2H3,(H,37,38)(H,33,34,35). The van der Waals surface area contributed by atoms with Crippen LogP contribution in [-0.4, -0.2) is 31.7 Å². The molecule has 198 valence electrons. The SMILES string of the molecule is Cc1ccc(F)c(-c2cn(Cc3ccc(C(F)(F)F)cc3)c3c(NC(C)C4CCC4)nc(C(=O)O)nc23)c1. The predicted octanol–water partition coefficient (Wildman–Crippen LogP) is 6.91. The summed E-state index contributed by atoms with van der Waals surface area (Å²) in [5.41, 5.74) is 1.94. The summed E-state index contributed by atoms with van der Waals surface area (Å²) in [6, 6.07) is 9.41. The van der Waals surface area contributed by atoms with Gasteiger partial charge >= 0.3 is 12.1 Å². The molecule has 0 spiro atoms. The summed E-state index contributed by atoms with van der Waals surface area (Å²) in [5, 5.41) is 13.1. The van der Waals surface area contributed by atoms with E-state index in [1.54, 1.807) is 22.9 Å². The number of halogens is 4. The first kappa shape index (κ1) is 25.7. The Bertz CT molecular complexity index is 1510. The van der Waals surface area contributed by atoms with E-state index in [9.17, 15) is 23.1 Å². The van der Waals surface area contributed by atoms with Gasteiger partial charge in [-0.3, -0.25) is 0 Å². The van der Waals surface area contributed by atoms with Gasteiger partial charge in [-0.2, -0.15) is 13.2 Å². The number of hydrogen-bond acceptors (Lipinski definition) is 4. The number of nitrogens with zero attached hydrogens (tertiary/aromatic N) is 3. The fourth-order valence-electron chi connectivity index (χ4n) is 4.83. The van der Waals surface area contributed by atoms with Crippen molar-refractivity contribution >= 4 is 22.8 Å². The van der Waals surface area contributed by atoms with Crippen molar-refractivity contribution in [2.24, 2.45) is 5.92 Å². The lowest BCUT2D eigenvalue weighted by Crippen LogP contribution is -2.31. The van der Waals surface area contributed by atoms with Crippen LogP contribution in [0, 0.1) is 18.7 Å². The Morgan fingerprint density at radius 3 is 2.45 bits per heavy atom. The second kappa shape index (κ2) is 9.74. The number of alkyl halides is 3. The minimum absolute atomic E-state index is 0.00271. The molecule has 0 bridgehead atoms. The first-order chi connectivity index (χ1) is 18.0. The van der Waals surface area contributed by atoms with Crippen LogP contribution in [0.1, 0.15) is 53.5 Å². The average molecular weight is 527 g/mol. The number of carboxylic acids is 1. The number of carboxylic acid groups (broad SMARTS) is 1. The van der Waals surface area contributed by atoms with Crippen LogP contribution in [0.2, 0.25) is 0 Å². The van der Waals surface area contributed by atoms with Gasteiger partial charge in [0.1, 0.15) is 16.9 Å². The van der Waals surface area contributed by atoms with Crippen LogP contribution >= 0.6 is 0 Å². The number of aromatic nitrogens is 3. The molecule has 2 heterocycles. The zero-order valence-electron chi connectivity index (χ0n) is 20.8. The number of carbonyl (C=O) groups is 1. The van der Waals surface area contributed by atoms with Gasteiger partial charge in [-0.25, -0.2) is 19.2 Å². The molecule has 1 aliphatic rings. The van der Waals surface area contributed by atoms with Crippen LogP contribution in [0.4, 0.5) is 23.4 Å². The Morgan fingerprint density at radius 1 is 1.13 bits per heavy atom. The molecule has 0 saturated heterocycles. The van der Waals surface area contributed by atoms with Crippen LogP contribution in [0.15, 0.2) is 48.7 Å². The van der Waals surface area contributed by atoms with Crippen molar-refractivity contribution in [3.63, 3.8) is 0 Å². The molecule has 6 nitrogen and oxygen atoms in total. The van der Waals surface area contributed by atoms with Gasteiger partial charge in [0, 0.05) is 29.9 Å². The number of nitrogens with one attached hydrogen (secondary N) is 1. The van der Waals surface area contributed by atoms with Crippen molar-refractivity contribution in [3.05, 3.63) is 77.0 Å². The maximum absolute atomic E-state index is 15.0. The highest BCUT2D eigenvalue weighted by Gasteiger charge is 2.30. The third-order valence-electron chi connectivity index (χ3n) is 7.17. The quantitative estimate of drug-likeness (QED) is 0.256. The molecule has 1 aliphatic carbocycles. The summed E-state index contributed by atoms with van der Waals surface area (Å²) in [4.78, 5) is 20.5. The van der Waals surface area contributed by atoms with E-state index >= 15 is 4.39 Å². The van der Waals surface area contributed by atoms with Crippen LogP contribution in [0.3, 0.4) is 0 Å². The molecule has 2 aromatic carbocycles. The highest BCUT2D eigenvalue weighted by Crippen LogP contribution is 2.37. The fourth-order valence-corrected chi connectivity index (χ4v) is 4.83. The summed E-state index contributed by atoms with van der Waals surface area (Å²) in [7, 11) is 0. The monoisotopic (exact) mass is 526 g/mol. The van der Waals surface area contributed by atoms with Crippen LogP contribution in [-0.2, 0) is 12.7 Å². The van der Waals surface area contributed by atoms with Crippen LogP contribution in [0.5, 0.6) is 0 Å². The van der Waals surface area contributed by atoms with Crippen molar-refractivity contribution in [2.45, 2.75) is 51.9 Å². The smallest absolute Gasteiger partial charge is 0.416 e. The largest absolute Gasteiger partial charge is 0.475 e. The van der Waals surface area contributed by atoms with Crippen molar-refractivity contribution in [2.75, 3.05) is 5.32 Å². The lowest BCUT2D eigenvalue weighted by molar-refractivity contribution is -0.137. The first-order valence-corrected chi connectivity index (χ1v) is 12.3. The lowest BCUT2D eigenvalue weighted by Gasteiger charge is -2.32. The van der Waals surface area contributed by atoms with Gasteiger partial charge in [0.05, 0.1) is 5.56 Å². The first-order valence-electron chi connectivity index (χ1n) is 12.3. The minimum atomic E-state index is -4.45. The number of rotatable bonds is 7. The molecule has 1 atom stereocenters. The number of aromatic carboxylic acids is 1. The van der Waals surface area contributed by atoms with E-state index in [1.807, 2.05) is 13.8 Å². The molecular formula is C28H26F4N4O2. The molecule has 4 aromatic rings. The summed E-state index contributed by atoms with van der Waals surface area (Å²) in [5.74, 6) is -1.56. The van der Waals surface area contributed by atoms with E-state index in [4.69, 9.17) is 0 Å². The van der Waals surface area contributed by atoms with Crippen molar-refractivity contribution in [3.8, 4) is 11.1 Å². The average Bonchev–Trinajstić information content (AvgIpc) is 3.17. The second-order valence-corrected chi connectivity index (χ2v) is 9.87. The van der Waals surface area contributed by atoms with Crippen molar-refractivity contribution < 1.29 is 27.5 Å². The minimum Gasteiger partial charge on any atom is -0.475 e. The lowest BCUT2D eigenvalue weighted by atomic mass is 9.80. The Labute approximate surface area is 216 Å². The molecule has 0 radical (unpaired) electrons. The van der Waals surface area contributed by atoms with Crippen molar-refractivity contribution in [1.29, 1.82) is 0 Å². The summed E-state index contributed by atoms with van der Waals surface area (Å²) in [6.07, 6.45) is 0.405. The van der Waals surface area contributed by atoms with Crippen LogP contribution in [0.25, 0.3) is 22.2 Å². The molecule has 5 rings (SSSR count). The Kier molecular flexibility index (Phi) is 6.58. The molecule has 2 aromatic heterocycles. The molecule has 1 saturated carbocycles. The van der Waals surface area contributed by atoms with Gasteiger partial charge in [-0.1, -0.05) is 30.2 Å². The Hall–Kier alpha value is -3.95. The molecular weight excluding hydrogens is 500 g/mol. The third kappa shape index (κ3) is 4.94. The van der Waals surface area contributed by atoms with Crippen LogP contribution < -0.4 is 5.32 Å². The van der Waals surface area contributed by atoms with Gasteiger partial charge < -0.3 is 15.0 Å². The van der Waals surface area contributed by atoms with Gasteiger partial charge in [0.2, 0.25) is 5.82 Å². The zero-order valence-corrected chi connectivity index (χ0v) is 20.8. The molecule has 2 N–H and O–H groups in total. The summed E-state index contributed by atoms with van der Waals surface area (Å²) >= 11 is 0. The number of anilines is 1. The van der Waals surface area contributed by atoms with E-state index in [1.165, 1.54) is 18.2 Å². The molecule has 0 aliphatic heterocycles. The van der Waals surface area contributed by atoms with Gasteiger partial charge in [0.15, 0.2) is 5.82 Å². The predicted molar refractivity (Wildman–Crippen MR) is 136 cm³/mol.